The Morgan fingerprint density at radius 2 is 2.04 bits per heavy atom. The predicted octanol–water partition coefficient (Wildman–Crippen LogP) is 5.72. The molecule has 1 aliphatic rings. The number of rotatable bonds is 6. The Bertz CT molecular complexity index is 1110. The summed E-state index contributed by atoms with van der Waals surface area (Å²) in [5.41, 5.74) is 1.84. The summed E-state index contributed by atoms with van der Waals surface area (Å²) in [5.74, 6) is 2.54. The molecular weight excluding hydrogens is 376 g/mol. The Balaban J connectivity index is 1.72. The van der Waals surface area contributed by atoms with E-state index in [-0.39, 0.29) is 5.43 Å². The van der Waals surface area contributed by atoms with Gasteiger partial charge in [0, 0.05) is 16.1 Å². The molecule has 0 spiro atoms. The van der Waals surface area contributed by atoms with E-state index in [9.17, 15) is 4.79 Å². The molecule has 1 saturated carbocycles. The van der Waals surface area contributed by atoms with Gasteiger partial charge in [-0.3, -0.25) is 4.79 Å². The lowest BCUT2D eigenvalue weighted by Crippen LogP contribution is -2.07. The minimum absolute atomic E-state index is 0.0840. The van der Waals surface area contributed by atoms with E-state index in [4.69, 9.17) is 25.5 Å². The number of fused-ring (bicyclic) bond motifs is 1. The van der Waals surface area contributed by atoms with Gasteiger partial charge in [-0.25, -0.2) is 0 Å². The van der Waals surface area contributed by atoms with E-state index in [1.54, 1.807) is 38.3 Å². The molecule has 0 aliphatic heterocycles. The van der Waals surface area contributed by atoms with E-state index in [0.29, 0.717) is 51.3 Å². The number of hydrogen-bond donors (Lipinski definition) is 0. The molecule has 0 atom stereocenters. The Hall–Kier alpha value is -2.72. The van der Waals surface area contributed by atoms with Crippen molar-refractivity contribution >= 4 is 34.7 Å². The fourth-order valence-electron chi connectivity index (χ4n) is 3.07. The first kappa shape index (κ1) is 18.6. The van der Waals surface area contributed by atoms with Crippen LogP contribution in [0.2, 0.25) is 5.02 Å². The molecule has 0 saturated heterocycles. The molecule has 0 unspecified atom stereocenters. The predicted molar refractivity (Wildman–Crippen MR) is 112 cm³/mol. The van der Waals surface area contributed by atoms with E-state index >= 15 is 0 Å². The maximum Gasteiger partial charge on any atom is 0.196 e. The average molecular weight is 397 g/mol. The van der Waals surface area contributed by atoms with Crippen LogP contribution >= 0.6 is 11.6 Å². The van der Waals surface area contributed by atoms with Crippen molar-refractivity contribution in [1.29, 1.82) is 0 Å². The van der Waals surface area contributed by atoms with Gasteiger partial charge < -0.3 is 13.9 Å². The van der Waals surface area contributed by atoms with Crippen molar-refractivity contribution < 1.29 is 13.9 Å². The van der Waals surface area contributed by atoms with Gasteiger partial charge in [0.1, 0.15) is 11.3 Å². The maximum absolute atomic E-state index is 12.7. The average Bonchev–Trinajstić information content (AvgIpc) is 3.53. The van der Waals surface area contributed by atoms with Crippen LogP contribution in [-0.2, 0) is 0 Å². The molecule has 0 amide bonds. The minimum atomic E-state index is -0.0840. The summed E-state index contributed by atoms with van der Waals surface area (Å²) in [6.45, 7) is 2.44. The van der Waals surface area contributed by atoms with Crippen molar-refractivity contribution in [3.63, 3.8) is 0 Å². The lowest BCUT2D eigenvalue weighted by molar-refractivity contribution is 0.280. The molecule has 1 aromatic heterocycles. The number of hydrogen-bond acceptors (Lipinski definition) is 4. The zero-order valence-corrected chi connectivity index (χ0v) is 16.6. The Morgan fingerprint density at radius 1 is 1.21 bits per heavy atom. The Kier molecular flexibility index (Phi) is 5.14. The molecular formula is C23H21ClO4. The SMILES string of the molecule is COc1cccc(C=Cc2oc3ccc(Cl)cc3c(=O)c2C)c1OCC1CC1. The minimum Gasteiger partial charge on any atom is -0.493 e. The van der Waals surface area contributed by atoms with Crippen molar-refractivity contribution in [2.75, 3.05) is 13.7 Å². The number of ether oxygens (including phenoxy) is 2. The molecule has 1 fully saturated rings. The standard InChI is InChI=1S/C23H21ClO4/c1-14-19(28-20-11-9-17(24)12-18(20)22(14)25)10-8-16-4-3-5-21(26-2)23(16)27-13-15-6-7-15/h3-5,8-12,15H,6-7,13H2,1-2H3. The molecule has 28 heavy (non-hydrogen) atoms. The van der Waals surface area contributed by atoms with Gasteiger partial charge in [0.2, 0.25) is 0 Å². The number of para-hydroxylation sites is 1. The summed E-state index contributed by atoms with van der Waals surface area (Å²) in [6.07, 6.45) is 6.11. The second-order valence-electron chi connectivity index (χ2n) is 7.03. The van der Waals surface area contributed by atoms with Gasteiger partial charge in [0.15, 0.2) is 16.9 Å². The molecule has 0 N–H and O–H groups in total. The van der Waals surface area contributed by atoms with Crippen LogP contribution in [0.3, 0.4) is 0 Å². The molecule has 4 nitrogen and oxygen atoms in total. The van der Waals surface area contributed by atoms with Crippen LogP contribution < -0.4 is 14.9 Å². The summed E-state index contributed by atoms with van der Waals surface area (Å²) < 4.78 is 17.4. The topological polar surface area (TPSA) is 48.7 Å². The highest BCUT2D eigenvalue weighted by molar-refractivity contribution is 6.31. The quantitative estimate of drug-likeness (QED) is 0.534. The summed E-state index contributed by atoms with van der Waals surface area (Å²) in [6, 6.07) is 10.8. The van der Waals surface area contributed by atoms with Crippen LogP contribution in [0, 0.1) is 12.8 Å². The van der Waals surface area contributed by atoms with Crippen LogP contribution in [0.25, 0.3) is 23.1 Å². The van der Waals surface area contributed by atoms with Crippen LogP contribution in [0.4, 0.5) is 0 Å². The molecule has 4 rings (SSSR count). The number of methoxy groups -OCH3 is 1. The molecule has 1 heterocycles. The van der Waals surface area contributed by atoms with Crippen LogP contribution in [0.5, 0.6) is 11.5 Å². The third-order valence-corrected chi connectivity index (χ3v) is 5.16. The highest BCUT2D eigenvalue weighted by Crippen LogP contribution is 2.36. The summed E-state index contributed by atoms with van der Waals surface area (Å²) in [4.78, 5) is 12.7. The van der Waals surface area contributed by atoms with Gasteiger partial charge in [-0.15, -0.1) is 0 Å². The zero-order chi connectivity index (χ0) is 19.7. The van der Waals surface area contributed by atoms with E-state index < -0.39 is 0 Å². The summed E-state index contributed by atoms with van der Waals surface area (Å²) in [5, 5.41) is 0.994. The van der Waals surface area contributed by atoms with Gasteiger partial charge in [-0.2, -0.15) is 0 Å². The molecule has 0 bridgehead atoms. The first-order valence-corrected chi connectivity index (χ1v) is 9.65. The highest BCUT2D eigenvalue weighted by atomic mass is 35.5. The monoisotopic (exact) mass is 396 g/mol. The van der Waals surface area contributed by atoms with Crippen LogP contribution in [0.1, 0.15) is 29.7 Å². The molecule has 5 heteroatoms. The van der Waals surface area contributed by atoms with E-state index in [2.05, 4.69) is 0 Å². The largest absolute Gasteiger partial charge is 0.493 e. The molecule has 144 valence electrons. The van der Waals surface area contributed by atoms with Crippen LogP contribution in [-0.4, -0.2) is 13.7 Å². The lowest BCUT2D eigenvalue weighted by atomic mass is 10.1. The fraction of sp³-hybridized carbons (Fsp3) is 0.261. The number of halogens is 1. The molecule has 3 aromatic rings. The first-order valence-electron chi connectivity index (χ1n) is 9.27. The molecule has 0 radical (unpaired) electrons. The third kappa shape index (κ3) is 3.78. The Morgan fingerprint density at radius 3 is 2.79 bits per heavy atom. The number of benzene rings is 2. The van der Waals surface area contributed by atoms with Crippen molar-refractivity contribution in [2.45, 2.75) is 19.8 Å². The Labute approximate surface area is 168 Å². The maximum atomic E-state index is 12.7. The van der Waals surface area contributed by atoms with Gasteiger partial charge in [-0.1, -0.05) is 23.7 Å². The van der Waals surface area contributed by atoms with E-state index in [1.807, 2.05) is 24.3 Å². The zero-order valence-electron chi connectivity index (χ0n) is 15.8. The van der Waals surface area contributed by atoms with Crippen molar-refractivity contribution in [2.24, 2.45) is 5.92 Å². The van der Waals surface area contributed by atoms with Crippen molar-refractivity contribution in [1.82, 2.24) is 0 Å². The van der Waals surface area contributed by atoms with E-state index in [1.165, 1.54) is 12.8 Å². The van der Waals surface area contributed by atoms with Crippen LogP contribution in [0.15, 0.2) is 45.6 Å². The van der Waals surface area contributed by atoms with Gasteiger partial charge >= 0.3 is 0 Å². The smallest absolute Gasteiger partial charge is 0.196 e. The van der Waals surface area contributed by atoms with E-state index in [0.717, 1.165) is 5.56 Å². The summed E-state index contributed by atoms with van der Waals surface area (Å²) in [7, 11) is 1.63. The first-order chi connectivity index (χ1) is 13.6. The van der Waals surface area contributed by atoms with Gasteiger partial charge in [-0.05, 0) is 62.1 Å². The second-order valence-corrected chi connectivity index (χ2v) is 7.46. The summed E-state index contributed by atoms with van der Waals surface area (Å²) >= 11 is 6.01. The lowest BCUT2D eigenvalue weighted by Gasteiger charge is -2.13. The third-order valence-electron chi connectivity index (χ3n) is 4.92. The van der Waals surface area contributed by atoms with Crippen molar-refractivity contribution in [3.05, 3.63) is 68.5 Å². The second kappa shape index (κ2) is 7.72. The molecule has 2 aromatic carbocycles. The van der Waals surface area contributed by atoms with Crippen molar-refractivity contribution in [3.8, 4) is 11.5 Å². The van der Waals surface area contributed by atoms with Gasteiger partial charge in [0.25, 0.3) is 0 Å². The fourth-order valence-corrected chi connectivity index (χ4v) is 3.24. The molecule has 1 aliphatic carbocycles. The normalized spacial score (nSPS) is 14.0. The highest BCUT2D eigenvalue weighted by Gasteiger charge is 2.23. The van der Waals surface area contributed by atoms with Gasteiger partial charge in [0.05, 0.1) is 19.1 Å².